The number of aryl methyl sites for hydroxylation is 1. The summed E-state index contributed by atoms with van der Waals surface area (Å²) in [6.07, 6.45) is 1.06. The minimum atomic E-state index is -0.211. The SMILES string of the molecule is CC(C)(CNC(=O)CCc1ccccc1N)c1ccc2c(c1)OCCO2.Cl. The van der Waals surface area contributed by atoms with Gasteiger partial charge in [-0.05, 0) is 35.7 Å². The average Bonchev–Trinajstić information content (AvgIpc) is 2.65. The average molecular weight is 391 g/mol. The van der Waals surface area contributed by atoms with E-state index >= 15 is 0 Å². The van der Waals surface area contributed by atoms with Crippen LogP contribution in [0.4, 0.5) is 5.69 Å². The molecule has 2 aromatic rings. The van der Waals surface area contributed by atoms with E-state index in [1.807, 2.05) is 42.5 Å². The summed E-state index contributed by atoms with van der Waals surface area (Å²) in [6.45, 7) is 5.91. The zero-order chi connectivity index (χ0) is 18.6. The van der Waals surface area contributed by atoms with Crippen molar-refractivity contribution >= 4 is 24.0 Å². The molecule has 0 bridgehead atoms. The lowest BCUT2D eigenvalue weighted by Gasteiger charge is -2.28. The van der Waals surface area contributed by atoms with E-state index in [2.05, 4.69) is 19.2 Å². The van der Waals surface area contributed by atoms with Gasteiger partial charge in [0.15, 0.2) is 11.5 Å². The molecule has 0 saturated heterocycles. The highest BCUT2D eigenvalue weighted by molar-refractivity contribution is 5.85. The van der Waals surface area contributed by atoms with Crippen LogP contribution in [0.25, 0.3) is 0 Å². The van der Waals surface area contributed by atoms with Crippen molar-refractivity contribution in [1.82, 2.24) is 5.32 Å². The van der Waals surface area contributed by atoms with Gasteiger partial charge in [-0.2, -0.15) is 0 Å². The summed E-state index contributed by atoms with van der Waals surface area (Å²) >= 11 is 0. The Bertz CT molecular complexity index is 793. The minimum absolute atomic E-state index is 0. The number of anilines is 1. The molecule has 0 aliphatic carbocycles. The van der Waals surface area contributed by atoms with E-state index in [0.29, 0.717) is 32.6 Å². The highest BCUT2D eigenvalue weighted by atomic mass is 35.5. The number of hydrogen-bond donors (Lipinski definition) is 2. The van der Waals surface area contributed by atoms with Crippen molar-refractivity contribution in [2.75, 3.05) is 25.5 Å². The van der Waals surface area contributed by atoms with Crippen molar-refractivity contribution in [2.24, 2.45) is 0 Å². The molecule has 6 heteroatoms. The molecule has 146 valence electrons. The third-order valence-electron chi connectivity index (χ3n) is 4.73. The number of fused-ring (bicyclic) bond motifs is 1. The first-order valence-corrected chi connectivity index (χ1v) is 8.96. The van der Waals surface area contributed by atoms with Gasteiger partial charge in [0, 0.05) is 24.1 Å². The van der Waals surface area contributed by atoms with E-state index in [4.69, 9.17) is 15.2 Å². The van der Waals surface area contributed by atoms with Crippen LogP contribution in [0.5, 0.6) is 11.5 Å². The lowest BCUT2D eigenvalue weighted by atomic mass is 9.84. The number of carbonyl (C=O) groups is 1. The van der Waals surface area contributed by atoms with Gasteiger partial charge in [0.25, 0.3) is 0 Å². The van der Waals surface area contributed by atoms with E-state index < -0.39 is 0 Å². The van der Waals surface area contributed by atoms with Crippen LogP contribution in [-0.4, -0.2) is 25.7 Å². The van der Waals surface area contributed by atoms with Crippen LogP contribution in [0.15, 0.2) is 42.5 Å². The summed E-state index contributed by atoms with van der Waals surface area (Å²) < 4.78 is 11.2. The molecule has 2 aromatic carbocycles. The van der Waals surface area contributed by atoms with Crippen LogP contribution < -0.4 is 20.5 Å². The number of nitrogen functional groups attached to an aromatic ring is 1. The third kappa shape index (κ3) is 5.30. The van der Waals surface area contributed by atoms with Crippen LogP contribution >= 0.6 is 12.4 Å². The maximum Gasteiger partial charge on any atom is 0.220 e. The largest absolute Gasteiger partial charge is 0.486 e. The van der Waals surface area contributed by atoms with Crippen LogP contribution in [0.3, 0.4) is 0 Å². The Morgan fingerprint density at radius 1 is 1.11 bits per heavy atom. The Kier molecular flexibility index (Phi) is 6.97. The number of amides is 1. The maximum absolute atomic E-state index is 12.2. The number of para-hydroxylation sites is 1. The van der Waals surface area contributed by atoms with Gasteiger partial charge < -0.3 is 20.5 Å². The van der Waals surface area contributed by atoms with Gasteiger partial charge in [0.1, 0.15) is 13.2 Å². The Morgan fingerprint density at radius 3 is 2.56 bits per heavy atom. The molecule has 0 fully saturated rings. The Balaban J connectivity index is 0.00000261. The standard InChI is InChI=1S/C21H26N2O3.ClH/c1-21(2,16-8-9-18-19(13-16)26-12-11-25-18)14-23-20(24)10-7-15-5-3-4-6-17(15)22;/h3-6,8-9,13H,7,10-12,14,22H2,1-2H3,(H,23,24);1H. The molecule has 0 aromatic heterocycles. The number of benzene rings is 2. The highest BCUT2D eigenvalue weighted by Gasteiger charge is 2.24. The molecule has 3 rings (SSSR count). The monoisotopic (exact) mass is 390 g/mol. The van der Waals surface area contributed by atoms with Crippen molar-refractivity contribution in [3.05, 3.63) is 53.6 Å². The first kappa shape index (κ1) is 20.9. The molecule has 3 N–H and O–H groups in total. The van der Waals surface area contributed by atoms with Gasteiger partial charge in [-0.3, -0.25) is 4.79 Å². The summed E-state index contributed by atoms with van der Waals surface area (Å²) in [4.78, 5) is 12.2. The Hall–Kier alpha value is -2.40. The van der Waals surface area contributed by atoms with Gasteiger partial charge >= 0.3 is 0 Å². The van der Waals surface area contributed by atoms with E-state index in [1.165, 1.54) is 0 Å². The van der Waals surface area contributed by atoms with Gasteiger partial charge in [0.05, 0.1) is 0 Å². The Morgan fingerprint density at radius 2 is 1.81 bits per heavy atom. The zero-order valence-corrected chi connectivity index (χ0v) is 16.6. The van der Waals surface area contributed by atoms with Gasteiger partial charge in [-0.25, -0.2) is 0 Å². The molecule has 1 heterocycles. The second-order valence-electron chi connectivity index (χ2n) is 7.22. The predicted octanol–water partition coefficient (Wildman–Crippen LogP) is 3.49. The lowest BCUT2D eigenvalue weighted by molar-refractivity contribution is -0.121. The van der Waals surface area contributed by atoms with Gasteiger partial charge in [-0.15, -0.1) is 12.4 Å². The smallest absolute Gasteiger partial charge is 0.220 e. The number of halogens is 1. The summed E-state index contributed by atoms with van der Waals surface area (Å²) in [6, 6.07) is 13.6. The number of rotatable bonds is 6. The molecule has 1 aliphatic heterocycles. The zero-order valence-electron chi connectivity index (χ0n) is 15.8. The van der Waals surface area contributed by atoms with Gasteiger partial charge in [0.2, 0.25) is 5.91 Å². The topological polar surface area (TPSA) is 73.6 Å². The van der Waals surface area contributed by atoms with Crippen LogP contribution in [0.2, 0.25) is 0 Å². The molecule has 0 saturated carbocycles. The second kappa shape index (κ2) is 9.00. The van der Waals surface area contributed by atoms with Crippen molar-refractivity contribution < 1.29 is 14.3 Å². The molecule has 27 heavy (non-hydrogen) atoms. The predicted molar refractivity (Wildman–Crippen MR) is 110 cm³/mol. The van der Waals surface area contributed by atoms with Crippen LogP contribution in [0.1, 0.15) is 31.4 Å². The second-order valence-corrected chi connectivity index (χ2v) is 7.22. The maximum atomic E-state index is 12.2. The summed E-state index contributed by atoms with van der Waals surface area (Å²) in [5.41, 5.74) is 8.56. The number of nitrogens with one attached hydrogen (secondary N) is 1. The van der Waals surface area contributed by atoms with E-state index in [-0.39, 0.29) is 23.7 Å². The number of hydrogen-bond acceptors (Lipinski definition) is 4. The molecule has 0 unspecified atom stereocenters. The van der Waals surface area contributed by atoms with Gasteiger partial charge in [-0.1, -0.05) is 38.1 Å². The Labute approximate surface area is 166 Å². The van der Waals surface area contributed by atoms with Crippen molar-refractivity contribution in [2.45, 2.75) is 32.1 Å². The third-order valence-corrected chi connectivity index (χ3v) is 4.73. The lowest BCUT2D eigenvalue weighted by Crippen LogP contribution is -2.36. The summed E-state index contributed by atoms with van der Waals surface area (Å²) in [5, 5.41) is 3.04. The molecule has 5 nitrogen and oxygen atoms in total. The molecular weight excluding hydrogens is 364 g/mol. The van der Waals surface area contributed by atoms with E-state index in [9.17, 15) is 4.79 Å². The molecule has 1 amide bonds. The number of carbonyl (C=O) groups excluding carboxylic acids is 1. The highest BCUT2D eigenvalue weighted by Crippen LogP contribution is 2.34. The molecular formula is C21H27ClN2O3. The fourth-order valence-corrected chi connectivity index (χ4v) is 2.98. The van der Waals surface area contributed by atoms with Crippen molar-refractivity contribution in [3.8, 4) is 11.5 Å². The van der Waals surface area contributed by atoms with Crippen LogP contribution in [-0.2, 0) is 16.6 Å². The first-order chi connectivity index (χ1) is 12.5. The summed E-state index contributed by atoms with van der Waals surface area (Å²) in [5.74, 6) is 1.58. The fraction of sp³-hybridized carbons (Fsp3) is 0.381. The van der Waals surface area contributed by atoms with E-state index in [1.54, 1.807) is 0 Å². The molecule has 0 radical (unpaired) electrons. The molecule has 1 aliphatic rings. The number of nitrogens with two attached hydrogens (primary N) is 1. The number of ether oxygens (including phenoxy) is 2. The quantitative estimate of drug-likeness (QED) is 0.740. The van der Waals surface area contributed by atoms with Crippen LogP contribution in [0, 0.1) is 0 Å². The van der Waals surface area contributed by atoms with E-state index in [0.717, 1.165) is 28.3 Å². The molecule has 0 spiro atoms. The minimum Gasteiger partial charge on any atom is -0.486 e. The molecule has 0 atom stereocenters. The summed E-state index contributed by atoms with van der Waals surface area (Å²) in [7, 11) is 0. The normalized spacial score (nSPS) is 12.8. The fourth-order valence-electron chi connectivity index (χ4n) is 2.98. The first-order valence-electron chi connectivity index (χ1n) is 8.96. The van der Waals surface area contributed by atoms with Crippen molar-refractivity contribution in [3.63, 3.8) is 0 Å². The van der Waals surface area contributed by atoms with Crippen molar-refractivity contribution in [1.29, 1.82) is 0 Å².